The van der Waals surface area contributed by atoms with Crippen LogP contribution in [0.3, 0.4) is 0 Å². The quantitative estimate of drug-likeness (QED) is 0.191. The van der Waals surface area contributed by atoms with Crippen LogP contribution in [0.15, 0.2) is 66.2 Å². The Morgan fingerprint density at radius 2 is 1.60 bits per heavy atom. The maximum Gasteiger partial charge on any atom is 0.295 e. The molecule has 1 fully saturated rings. The fourth-order valence-electron chi connectivity index (χ4n) is 5.08. The Hall–Kier alpha value is -3.86. The van der Waals surface area contributed by atoms with Crippen LogP contribution >= 0.6 is 0 Å². The average molecular weight is 540 g/mol. The topological polar surface area (TPSA) is 66.8 Å². The van der Waals surface area contributed by atoms with E-state index in [0.29, 0.717) is 18.1 Å². The molecule has 1 atom stereocenters. The maximum absolute atomic E-state index is 13.6. The lowest BCUT2D eigenvalue weighted by molar-refractivity contribution is -0.140. The summed E-state index contributed by atoms with van der Waals surface area (Å²) in [6.07, 6.45) is 0. The second-order valence-electron chi connectivity index (χ2n) is 12.4. The number of aryl methyl sites for hydroxylation is 3. The number of hydrogen-bond acceptors (Lipinski definition) is 4. The van der Waals surface area contributed by atoms with Crippen molar-refractivity contribution in [2.24, 2.45) is 5.92 Å². The van der Waals surface area contributed by atoms with Gasteiger partial charge in [-0.1, -0.05) is 82.6 Å². The maximum atomic E-state index is 13.6. The van der Waals surface area contributed by atoms with Crippen molar-refractivity contribution in [2.75, 3.05) is 6.61 Å². The van der Waals surface area contributed by atoms with Crippen molar-refractivity contribution in [3.05, 3.63) is 105 Å². The number of ketones is 1. The van der Waals surface area contributed by atoms with Crippen LogP contribution in [0.5, 0.6) is 5.75 Å². The molecule has 5 heteroatoms. The van der Waals surface area contributed by atoms with Gasteiger partial charge in [-0.2, -0.15) is 0 Å². The highest BCUT2D eigenvalue weighted by Crippen LogP contribution is 2.41. The number of carbonyl (C=O) groups excluding carboxylic acids is 2. The van der Waals surface area contributed by atoms with Crippen LogP contribution in [-0.2, 0) is 21.5 Å². The molecular weight excluding hydrogens is 498 g/mol. The summed E-state index contributed by atoms with van der Waals surface area (Å²) < 4.78 is 5.90. The number of nitrogens with zero attached hydrogens (tertiary/aromatic N) is 1. The van der Waals surface area contributed by atoms with Gasteiger partial charge < -0.3 is 14.7 Å². The smallest absolute Gasteiger partial charge is 0.295 e. The summed E-state index contributed by atoms with van der Waals surface area (Å²) in [5.74, 6) is -0.350. The summed E-state index contributed by atoms with van der Waals surface area (Å²) in [5.41, 5.74) is 6.42. The molecule has 0 aromatic heterocycles. The van der Waals surface area contributed by atoms with E-state index >= 15 is 0 Å². The fraction of sp³-hybridized carbons (Fsp3) is 0.371. The highest BCUT2D eigenvalue weighted by molar-refractivity contribution is 6.46. The number of aliphatic hydroxyl groups excluding tert-OH is 1. The lowest BCUT2D eigenvalue weighted by Crippen LogP contribution is -2.29. The molecule has 1 aliphatic heterocycles. The molecule has 1 saturated heterocycles. The zero-order valence-corrected chi connectivity index (χ0v) is 25.0. The number of aliphatic hydroxyl groups is 1. The van der Waals surface area contributed by atoms with Crippen molar-refractivity contribution in [3.63, 3.8) is 0 Å². The number of rotatable bonds is 7. The van der Waals surface area contributed by atoms with Crippen LogP contribution in [0.1, 0.15) is 79.6 Å². The number of carbonyl (C=O) groups is 2. The zero-order valence-electron chi connectivity index (χ0n) is 25.0. The van der Waals surface area contributed by atoms with Crippen LogP contribution in [-0.4, -0.2) is 28.3 Å². The number of likely N-dealkylation sites (tertiary alicyclic amines) is 1. The van der Waals surface area contributed by atoms with Gasteiger partial charge in [0, 0.05) is 12.1 Å². The molecule has 5 nitrogen and oxygen atoms in total. The predicted octanol–water partition coefficient (Wildman–Crippen LogP) is 7.57. The molecule has 1 N–H and O–H groups in total. The Bertz CT molecular complexity index is 1460. The Morgan fingerprint density at radius 3 is 2.20 bits per heavy atom. The molecule has 0 spiro atoms. The Morgan fingerprint density at radius 1 is 0.925 bits per heavy atom. The third-order valence-electron chi connectivity index (χ3n) is 7.50. The van der Waals surface area contributed by atoms with Gasteiger partial charge in [0.1, 0.15) is 11.5 Å². The third kappa shape index (κ3) is 5.99. The molecule has 1 amide bonds. The van der Waals surface area contributed by atoms with E-state index in [1.807, 2.05) is 75.4 Å². The molecule has 40 heavy (non-hydrogen) atoms. The molecule has 0 bridgehead atoms. The van der Waals surface area contributed by atoms with Gasteiger partial charge in [0.15, 0.2) is 0 Å². The third-order valence-corrected chi connectivity index (χ3v) is 7.50. The largest absolute Gasteiger partial charge is 0.507 e. The molecule has 0 aliphatic carbocycles. The van der Waals surface area contributed by atoms with Gasteiger partial charge >= 0.3 is 0 Å². The Labute approximate surface area is 238 Å². The number of benzene rings is 3. The summed E-state index contributed by atoms with van der Waals surface area (Å²) in [6.45, 7) is 17.4. The number of Topliss-reactive ketones (excluding diaryl/α,β-unsaturated/α-hetero) is 1. The van der Waals surface area contributed by atoms with Gasteiger partial charge in [-0.3, -0.25) is 9.59 Å². The van der Waals surface area contributed by atoms with Crippen molar-refractivity contribution < 1.29 is 19.4 Å². The second-order valence-corrected chi connectivity index (χ2v) is 12.4. The van der Waals surface area contributed by atoms with Gasteiger partial charge in [0.25, 0.3) is 11.7 Å². The van der Waals surface area contributed by atoms with E-state index < -0.39 is 17.7 Å². The van der Waals surface area contributed by atoms with E-state index in [1.54, 1.807) is 11.0 Å². The molecule has 1 unspecified atom stereocenters. The number of amides is 1. The van der Waals surface area contributed by atoms with E-state index in [0.717, 1.165) is 39.1 Å². The minimum Gasteiger partial charge on any atom is -0.507 e. The first kappa shape index (κ1) is 29.1. The van der Waals surface area contributed by atoms with E-state index in [1.165, 1.54) is 0 Å². The summed E-state index contributed by atoms with van der Waals surface area (Å²) >= 11 is 0. The summed E-state index contributed by atoms with van der Waals surface area (Å²) in [7, 11) is 0. The molecule has 0 saturated carbocycles. The van der Waals surface area contributed by atoms with Gasteiger partial charge in [-0.25, -0.2) is 0 Å². The van der Waals surface area contributed by atoms with E-state index in [4.69, 9.17) is 4.74 Å². The van der Waals surface area contributed by atoms with Gasteiger partial charge in [-0.05, 0) is 78.1 Å². The first-order chi connectivity index (χ1) is 18.8. The fourth-order valence-corrected chi connectivity index (χ4v) is 5.08. The summed E-state index contributed by atoms with van der Waals surface area (Å²) in [6, 6.07) is 18.8. The van der Waals surface area contributed by atoms with Gasteiger partial charge in [0.2, 0.25) is 0 Å². The molecule has 0 radical (unpaired) electrons. The predicted molar refractivity (Wildman–Crippen MR) is 160 cm³/mol. The number of ether oxygens (including phenoxy) is 1. The standard InChI is InChI=1S/C35H41NO4/c1-21(2)20-40-29-16-13-26(18-24(29)5)32(37)30-31(25-11-14-28(15-12-25)35(6,7)8)36(34(39)33(30)38)19-27-17-22(3)9-10-23(27)4/h9-18,21,31,37H,19-20H2,1-8H3/b32-30-. The van der Waals surface area contributed by atoms with Crippen molar-refractivity contribution in [1.82, 2.24) is 4.90 Å². The van der Waals surface area contributed by atoms with Crippen molar-refractivity contribution in [2.45, 2.75) is 73.4 Å². The van der Waals surface area contributed by atoms with Crippen LogP contribution < -0.4 is 4.74 Å². The Kier molecular flexibility index (Phi) is 8.25. The molecule has 3 aromatic carbocycles. The molecule has 1 heterocycles. The number of hydrogen-bond donors (Lipinski definition) is 1. The summed E-state index contributed by atoms with van der Waals surface area (Å²) in [5, 5.41) is 11.6. The van der Waals surface area contributed by atoms with E-state index in [9.17, 15) is 14.7 Å². The monoisotopic (exact) mass is 539 g/mol. The zero-order chi connectivity index (χ0) is 29.4. The van der Waals surface area contributed by atoms with Gasteiger partial charge in [-0.15, -0.1) is 0 Å². The van der Waals surface area contributed by atoms with Gasteiger partial charge in [0.05, 0.1) is 18.2 Å². The van der Waals surface area contributed by atoms with E-state index in [2.05, 4.69) is 34.6 Å². The lowest BCUT2D eigenvalue weighted by Gasteiger charge is -2.27. The minimum atomic E-state index is -0.717. The normalized spacial score (nSPS) is 17.1. The minimum absolute atomic E-state index is 0.0457. The average Bonchev–Trinajstić information content (AvgIpc) is 3.14. The first-order valence-electron chi connectivity index (χ1n) is 14.0. The van der Waals surface area contributed by atoms with Crippen molar-refractivity contribution in [3.8, 4) is 5.75 Å². The van der Waals surface area contributed by atoms with Crippen LogP contribution in [0, 0.1) is 26.7 Å². The van der Waals surface area contributed by atoms with Crippen LogP contribution in [0.4, 0.5) is 0 Å². The highest BCUT2D eigenvalue weighted by atomic mass is 16.5. The Balaban J connectivity index is 1.83. The van der Waals surface area contributed by atoms with Crippen molar-refractivity contribution >= 4 is 17.4 Å². The molecule has 210 valence electrons. The van der Waals surface area contributed by atoms with Crippen LogP contribution in [0.2, 0.25) is 0 Å². The first-order valence-corrected chi connectivity index (χ1v) is 14.0. The van der Waals surface area contributed by atoms with Crippen molar-refractivity contribution in [1.29, 1.82) is 0 Å². The van der Waals surface area contributed by atoms with Crippen LogP contribution in [0.25, 0.3) is 5.76 Å². The molecule has 4 rings (SSSR count). The SMILES string of the molecule is Cc1ccc(C)c(CN2C(=O)C(=O)/C(=C(\O)c3ccc(OCC(C)C)c(C)c3)C2c2ccc(C(C)(C)C)cc2)c1. The second kappa shape index (κ2) is 11.3. The molecular formula is C35H41NO4. The molecule has 1 aliphatic rings. The molecule has 3 aromatic rings. The summed E-state index contributed by atoms with van der Waals surface area (Å²) in [4.78, 5) is 28.7. The highest BCUT2D eigenvalue weighted by Gasteiger charge is 2.46. The lowest BCUT2D eigenvalue weighted by atomic mass is 9.85. The van der Waals surface area contributed by atoms with E-state index in [-0.39, 0.29) is 23.3 Å².